The van der Waals surface area contributed by atoms with Crippen LogP contribution in [0.15, 0.2) is 327 Å². The molecule has 0 spiro atoms. The number of carbonyl (C=O) groups excluding carboxylic acids is 4. The molecule has 6 N–H and O–H groups in total. The van der Waals surface area contributed by atoms with Crippen LogP contribution in [-0.2, 0) is 66.5 Å². The van der Waals surface area contributed by atoms with Crippen LogP contribution in [0.1, 0.15) is 132 Å². The third-order valence-corrected chi connectivity index (χ3v) is 32.3. The van der Waals surface area contributed by atoms with Crippen molar-refractivity contribution in [3.63, 3.8) is 0 Å². The van der Waals surface area contributed by atoms with E-state index in [1.807, 2.05) is 229 Å². The molecule has 8 heterocycles. The van der Waals surface area contributed by atoms with Gasteiger partial charge < -0.3 is 36.4 Å². The molecule has 8 aliphatic carbocycles. The number of hydrogen-bond donors (Lipinski definition) is 3. The van der Waals surface area contributed by atoms with E-state index in [9.17, 15) is 19.2 Å². The number of ketones is 4. The monoisotopic (exact) mass is 1940 g/mol. The average molecular weight is 1940 g/mol. The number of para-hydroxylation sites is 3. The second kappa shape index (κ2) is 38.6. The minimum absolute atomic E-state index is 0.0425. The lowest BCUT2D eigenvalue weighted by molar-refractivity contribution is -0.122. The molecule has 8 aromatic heterocycles. The lowest BCUT2D eigenvalue weighted by Gasteiger charge is -2.45. The standard InChI is InChI=1S/C31H28N6O.C31H27N5O.C31H26N4O.C30H26N6O/c1-18-15-21(17-34-35-18)20-9-11-22(12-10-20)37-30-24(28(36-37)23-7-5-6-8-26(23)32)13-14-25-19(2)29(38)27(33-4)16-31(25,30)3;1-19-25-13-12-24-28(23-6-4-5-7-26(23)32)35-36(30(24)31(25,2)18-27(33-3)29(19)37)22-10-8-20(9-11-22)21-14-16-34-17-15-21;1-20-25-17-16-24-28(26-11-7-8-18-33-26)34-35(30(24)31(25,2)19-27(32-3)29(20)36)23-14-12-22(13-15-23)21-9-5-4-6-10-21;1-18-24-13-12-23-27(22-6-4-5-7-25(22)31)35-36(29(23)30(24,2)14-26(32-3)28(18)37)21-10-8-19(9-11-21)20-15-33-17-34-16-20/h5-12,15-17,19,25H,13-14,32H2,1-3H3;4-11,14-19,25H,12-13,32H2,1-2H3;4-15,18-20,25H,16-17H2,1-2H3;4-11,14-18,24H,12-13,31H2,1-2H3/t2*19-,25-,31-;20-,25-,31-;18-,24-,30-/m1111/s1. The number of Topliss-reactive ketones (excluding diaryl/α,β-unsaturated/α-hetero) is 4. The topological polar surface area (TPSA) is 312 Å². The van der Waals surface area contributed by atoms with E-state index >= 15 is 0 Å². The lowest BCUT2D eigenvalue weighted by Crippen LogP contribution is -2.46. The van der Waals surface area contributed by atoms with Gasteiger partial charge in [-0.15, -0.1) is 0 Å². The Morgan fingerprint density at radius 2 is 0.622 bits per heavy atom. The Bertz CT molecular complexity index is 8070. The highest BCUT2D eigenvalue weighted by Gasteiger charge is 2.56. The van der Waals surface area contributed by atoms with E-state index < -0.39 is 21.7 Å². The Labute approximate surface area is 859 Å². The maximum absolute atomic E-state index is 13.0. The zero-order chi connectivity index (χ0) is 103. The van der Waals surface area contributed by atoms with Gasteiger partial charge in [0.05, 0.1) is 106 Å². The smallest absolute Gasteiger partial charge is 0.226 e. The minimum atomic E-state index is -0.527. The molecular weight excluding hydrogens is 1840 g/mol. The molecule has 24 rings (SSSR count). The van der Waals surface area contributed by atoms with Gasteiger partial charge in [0.15, 0.2) is 23.1 Å². The van der Waals surface area contributed by atoms with E-state index in [0.717, 1.165) is 215 Å². The number of nitrogens with two attached hydrogens (primary N) is 3. The first kappa shape index (κ1) is 96.2. The van der Waals surface area contributed by atoms with Crippen molar-refractivity contribution >= 4 is 40.2 Å². The van der Waals surface area contributed by atoms with E-state index in [-0.39, 0.29) is 93.3 Å². The van der Waals surface area contributed by atoms with Crippen LogP contribution in [0.25, 0.3) is 132 Å². The molecule has 8 aromatic carbocycles. The van der Waals surface area contributed by atoms with Crippen LogP contribution in [0.3, 0.4) is 0 Å². The Morgan fingerprint density at radius 1 is 0.324 bits per heavy atom. The quantitative estimate of drug-likeness (QED) is 0.0756. The van der Waals surface area contributed by atoms with Crippen molar-refractivity contribution in [2.24, 2.45) is 47.3 Å². The summed E-state index contributed by atoms with van der Waals surface area (Å²) in [7, 11) is 0. The van der Waals surface area contributed by atoms with Crippen molar-refractivity contribution in [3.05, 3.63) is 424 Å². The molecule has 148 heavy (non-hydrogen) atoms. The molecule has 728 valence electrons. The molecule has 25 nitrogen and oxygen atoms in total. The van der Waals surface area contributed by atoms with Gasteiger partial charge in [0, 0.05) is 143 Å². The summed E-state index contributed by atoms with van der Waals surface area (Å²) in [5.41, 5.74) is 48.8. The maximum Gasteiger partial charge on any atom is 0.226 e. The Balaban J connectivity index is 0.000000116. The number of aromatic nitrogens is 14. The first-order valence-electron chi connectivity index (χ1n) is 50.1. The molecule has 0 bridgehead atoms. The van der Waals surface area contributed by atoms with Gasteiger partial charge in [-0.3, -0.25) is 9.97 Å². The molecule has 0 unspecified atom stereocenters. The van der Waals surface area contributed by atoms with Crippen molar-refractivity contribution < 1.29 is 19.2 Å². The molecule has 12 atom stereocenters. The molecule has 0 aliphatic heterocycles. The molecular formula is C123H107N21O4. The molecule has 0 saturated carbocycles. The number of rotatable bonds is 12. The Morgan fingerprint density at radius 3 is 0.946 bits per heavy atom. The number of aryl methyl sites for hydroxylation is 1. The number of nitrogens with zero attached hydrogens (tertiary/aromatic N) is 18. The Kier molecular flexibility index (Phi) is 25.1. The normalized spacial score (nSPS) is 22.5. The summed E-state index contributed by atoms with van der Waals surface area (Å²) in [6, 6.07) is 78.7. The number of nitrogen functional groups attached to an aromatic ring is 3. The van der Waals surface area contributed by atoms with Crippen LogP contribution < -0.4 is 17.2 Å². The molecule has 0 radical (unpaired) electrons. The molecule has 8 aliphatic rings. The van der Waals surface area contributed by atoms with Crippen LogP contribution in [-0.4, -0.2) is 92.4 Å². The van der Waals surface area contributed by atoms with Crippen LogP contribution in [0.5, 0.6) is 0 Å². The zero-order valence-electron chi connectivity index (χ0n) is 83.6. The van der Waals surface area contributed by atoms with Gasteiger partial charge in [-0.2, -0.15) is 30.6 Å². The molecule has 25 heteroatoms. The summed E-state index contributed by atoms with van der Waals surface area (Å²) < 4.78 is 8.04. The number of hydrogen-bond acceptors (Lipinski definition) is 17. The SMILES string of the molecule is [C-]#[N+]C1=C[C@@]2(C)c3c(c(-c4ccccc4N)nn3-c3ccc(-c4ccncc4)cc3)CC[C@@H]2[C@@H](C)C1=O.[C-]#[N+]C1=C[C@@]2(C)c3c(c(-c4ccccc4N)nn3-c3ccc(-c4cncnc4)cc3)CC[C@@H]2[C@@H](C)C1=O.[C-]#[N+]C1=C[C@@]2(C)c3c(c(-c4ccccc4N)nn3-c3ccc(-c4cnnc(C)c4)cc3)CC[C@@H]2[C@@H](C)C1=O.[C-]#[N+]C1=C[C@@]2(C)c3c(c(-c4ccccn4)nn3-c3ccc(-c4ccccc4)cc3)CC[C@@H]2[C@@H](C)C1=O. The third kappa shape index (κ3) is 16.6. The second-order valence-electron chi connectivity index (χ2n) is 40.7. The fourth-order valence-electron chi connectivity index (χ4n) is 25.0. The highest BCUT2D eigenvalue weighted by molar-refractivity contribution is 6.03. The lowest BCUT2D eigenvalue weighted by atomic mass is 9.58. The predicted octanol–water partition coefficient (Wildman–Crippen LogP) is 23.6. The van der Waals surface area contributed by atoms with Gasteiger partial charge in [0.25, 0.3) is 0 Å². The zero-order valence-corrected chi connectivity index (χ0v) is 83.6. The van der Waals surface area contributed by atoms with Gasteiger partial charge >= 0.3 is 0 Å². The maximum atomic E-state index is 13.0. The first-order valence-corrected chi connectivity index (χ1v) is 50.1. The van der Waals surface area contributed by atoms with Crippen LogP contribution in [0, 0.1) is 80.6 Å². The van der Waals surface area contributed by atoms with Gasteiger partial charge in [0.1, 0.15) is 12.0 Å². The van der Waals surface area contributed by atoms with Gasteiger partial charge in [-0.25, -0.2) is 48.1 Å². The number of allylic oxidation sites excluding steroid dienone is 8. The second-order valence-corrected chi connectivity index (χ2v) is 40.7. The number of anilines is 3. The third-order valence-electron chi connectivity index (χ3n) is 32.3. The summed E-state index contributed by atoms with van der Waals surface area (Å²) in [4.78, 5) is 83.2. The van der Waals surface area contributed by atoms with E-state index in [2.05, 4.69) is 162 Å². The molecule has 0 fully saturated rings. The Hall–Kier alpha value is -17.9. The first-order chi connectivity index (χ1) is 71.7. The van der Waals surface area contributed by atoms with E-state index in [4.69, 9.17) is 63.9 Å². The van der Waals surface area contributed by atoms with Gasteiger partial charge in [-0.1, -0.05) is 219 Å². The van der Waals surface area contributed by atoms with Crippen molar-refractivity contribution in [2.75, 3.05) is 17.2 Å². The van der Waals surface area contributed by atoms with E-state index in [1.165, 1.54) is 6.33 Å². The van der Waals surface area contributed by atoms with Crippen LogP contribution in [0.4, 0.5) is 17.1 Å². The summed E-state index contributed by atoms with van der Waals surface area (Å²) in [6.07, 6.45) is 26.4. The van der Waals surface area contributed by atoms with E-state index in [1.54, 1.807) is 37.2 Å². The van der Waals surface area contributed by atoms with Crippen LogP contribution >= 0.6 is 0 Å². The van der Waals surface area contributed by atoms with Crippen molar-refractivity contribution in [1.29, 1.82) is 0 Å². The highest BCUT2D eigenvalue weighted by atomic mass is 16.1. The van der Waals surface area contributed by atoms with Gasteiger partial charge in [0.2, 0.25) is 22.8 Å². The van der Waals surface area contributed by atoms with Crippen molar-refractivity contribution in [2.45, 2.75) is 135 Å². The van der Waals surface area contributed by atoms with E-state index in [0.29, 0.717) is 17.1 Å². The van der Waals surface area contributed by atoms with Crippen molar-refractivity contribution in [3.8, 4) is 112 Å². The number of pyridine rings is 2. The summed E-state index contributed by atoms with van der Waals surface area (Å²) in [5.74, 6) is -0.769. The largest absolute Gasteiger partial charge is 0.398 e. The number of fused-ring (bicyclic) bond motifs is 12. The van der Waals surface area contributed by atoms with Crippen molar-refractivity contribution in [1.82, 2.24) is 69.3 Å². The van der Waals surface area contributed by atoms with Gasteiger partial charge in [-0.05, 0) is 212 Å². The minimum Gasteiger partial charge on any atom is -0.398 e. The fraction of sp³-hybridized carbons (Fsp3) is 0.236. The number of carbonyl (C=O) groups is 4. The number of benzene rings is 8. The predicted molar refractivity (Wildman–Crippen MR) is 575 cm³/mol. The summed E-state index contributed by atoms with van der Waals surface area (Å²) >= 11 is 0. The molecule has 16 aromatic rings. The highest BCUT2D eigenvalue weighted by Crippen LogP contribution is 2.59. The van der Waals surface area contributed by atoms with Crippen LogP contribution in [0.2, 0.25) is 0 Å². The average Bonchev–Trinajstić information content (AvgIpc) is 1.52. The summed E-state index contributed by atoms with van der Waals surface area (Å²) in [6.45, 7) is 49.1. The fourth-order valence-corrected chi connectivity index (χ4v) is 25.0. The summed E-state index contributed by atoms with van der Waals surface area (Å²) in [5, 5.41) is 28.8. The molecule has 0 saturated heterocycles. The molecule has 0 amide bonds.